The third-order valence-electron chi connectivity index (χ3n) is 5.29. The Labute approximate surface area is 165 Å². The van der Waals surface area contributed by atoms with E-state index in [-0.39, 0.29) is 11.9 Å². The zero-order valence-electron chi connectivity index (χ0n) is 16.4. The van der Waals surface area contributed by atoms with Gasteiger partial charge in [-0.3, -0.25) is 9.69 Å². The molecule has 1 aromatic carbocycles. The van der Waals surface area contributed by atoms with Crippen LogP contribution in [-0.4, -0.2) is 40.2 Å². The van der Waals surface area contributed by atoms with Crippen LogP contribution in [-0.2, 0) is 0 Å². The molecule has 0 saturated carbocycles. The molecule has 6 heteroatoms. The second-order valence-corrected chi connectivity index (χ2v) is 7.37. The normalized spacial score (nSPS) is 15.6. The van der Waals surface area contributed by atoms with Crippen molar-refractivity contribution in [3.05, 3.63) is 71.4 Å². The Morgan fingerprint density at radius 1 is 1.18 bits per heavy atom. The van der Waals surface area contributed by atoms with Crippen molar-refractivity contribution in [3.8, 4) is 5.69 Å². The van der Waals surface area contributed by atoms with Crippen LogP contribution in [0.4, 0.5) is 0 Å². The maximum absolute atomic E-state index is 12.7. The average molecular weight is 378 g/mol. The van der Waals surface area contributed by atoms with Crippen molar-refractivity contribution >= 4 is 5.91 Å². The molecule has 0 radical (unpaired) electrons. The summed E-state index contributed by atoms with van der Waals surface area (Å²) in [6, 6.07) is 13.6. The lowest BCUT2D eigenvalue weighted by Gasteiger charge is -2.26. The van der Waals surface area contributed by atoms with Gasteiger partial charge in [0.15, 0.2) is 0 Å². The number of hydrogen-bond acceptors (Lipinski definition) is 4. The van der Waals surface area contributed by atoms with Crippen molar-refractivity contribution in [1.82, 2.24) is 20.0 Å². The quantitative estimate of drug-likeness (QED) is 0.711. The van der Waals surface area contributed by atoms with Crippen LogP contribution in [0, 0.1) is 13.8 Å². The largest absolute Gasteiger partial charge is 0.468 e. The van der Waals surface area contributed by atoms with E-state index in [4.69, 9.17) is 4.42 Å². The number of furan rings is 1. The van der Waals surface area contributed by atoms with E-state index in [1.807, 2.05) is 61.0 Å². The van der Waals surface area contributed by atoms with Crippen molar-refractivity contribution in [1.29, 1.82) is 0 Å². The van der Waals surface area contributed by atoms with E-state index in [0.29, 0.717) is 12.1 Å². The standard InChI is InChI=1S/C22H26N4O2/c1-16-14-17(2)26(24-16)19-9-7-18(8-10-19)22(27)23-15-20(21-6-5-13-28-21)25-11-3-4-12-25/h5-10,13-14,20H,3-4,11-12,15H2,1-2H3,(H,23,27)/t20-/m0/s1. The summed E-state index contributed by atoms with van der Waals surface area (Å²) < 4.78 is 7.51. The molecule has 1 aliphatic rings. The summed E-state index contributed by atoms with van der Waals surface area (Å²) in [6.07, 6.45) is 4.08. The van der Waals surface area contributed by atoms with Gasteiger partial charge >= 0.3 is 0 Å². The van der Waals surface area contributed by atoms with Gasteiger partial charge in [0.25, 0.3) is 5.91 Å². The summed E-state index contributed by atoms with van der Waals surface area (Å²) in [6.45, 7) is 6.61. The highest BCUT2D eigenvalue weighted by atomic mass is 16.3. The first-order valence-corrected chi connectivity index (χ1v) is 9.81. The summed E-state index contributed by atoms with van der Waals surface area (Å²) in [5.41, 5.74) is 3.64. The topological polar surface area (TPSA) is 63.3 Å². The second kappa shape index (κ2) is 8.02. The average Bonchev–Trinajstić information content (AvgIpc) is 3.45. The fourth-order valence-electron chi connectivity index (χ4n) is 3.88. The van der Waals surface area contributed by atoms with Gasteiger partial charge in [-0.1, -0.05) is 0 Å². The summed E-state index contributed by atoms with van der Waals surface area (Å²) in [7, 11) is 0. The minimum atomic E-state index is -0.0735. The highest BCUT2D eigenvalue weighted by Gasteiger charge is 2.26. The van der Waals surface area contributed by atoms with Gasteiger partial charge in [0, 0.05) is 17.8 Å². The zero-order chi connectivity index (χ0) is 19.5. The highest BCUT2D eigenvalue weighted by Crippen LogP contribution is 2.25. The maximum Gasteiger partial charge on any atom is 0.251 e. The number of nitrogens with zero attached hydrogens (tertiary/aromatic N) is 3. The summed E-state index contributed by atoms with van der Waals surface area (Å²) >= 11 is 0. The number of nitrogens with one attached hydrogen (secondary N) is 1. The molecule has 0 bridgehead atoms. The van der Waals surface area contributed by atoms with Gasteiger partial charge in [0.05, 0.1) is 23.7 Å². The SMILES string of the molecule is Cc1cc(C)n(-c2ccc(C(=O)NC[C@@H](c3ccco3)N3CCCC3)cc2)n1. The van der Waals surface area contributed by atoms with Gasteiger partial charge in [0.2, 0.25) is 0 Å². The van der Waals surface area contributed by atoms with Gasteiger partial charge in [-0.15, -0.1) is 0 Å². The van der Waals surface area contributed by atoms with Crippen LogP contribution < -0.4 is 5.32 Å². The number of hydrogen-bond donors (Lipinski definition) is 1. The summed E-state index contributed by atoms with van der Waals surface area (Å²) in [5.74, 6) is 0.831. The summed E-state index contributed by atoms with van der Waals surface area (Å²) in [4.78, 5) is 15.0. The van der Waals surface area contributed by atoms with E-state index in [9.17, 15) is 4.79 Å². The molecule has 146 valence electrons. The molecule has 1 saturated heterocycles. The van der Waals surface area contributed by atoms with Gasteiger partial charge < -0.3 is 9.73 Å². The number of rotatable bonds is 6. The van der Waals surface area contributed by atoms with Crippen LogP contribution in [0.25, 0.3) is 5.69 Å². The third-order valence-corrected chi connectivity index (χ3v) is 5.29. The Balaban J connectivity index is 1.43. The smallest absolute Gasteiger partial charge is 0.251 e. The second-order valence-electron chi connectivity index (χ2n) is 7.37. The van der Waals surface area contributed by atoms with Crippen molar-refractivity contribution in [2.75, 3.05) is 19.6 Å². The Bertz CT molecular complexity index is 922. The van der Waals surface area contributed by atoms with E-state index in [1.165, 1.54) is 12.8 Å². The number of benzene rings is 1. The first-order chi connectivity index (χ1) is 13.6. The number of likely N-dealkylation sites (tertiary alicyclic amines) is 1. The number of amides is 1. The first-order valence-electron chi connectivity index (χ1n) is 9.81. The minimum Gasteiger partial charge on any atom is -0.468 e. The lowest BCUT2D eigenvalue weighted by Crippen LogP contribution is -2.36. The fraction of sp³-hybridized carbons (Fsp3) is 0.364. The molecule has 1 atom stereocenters. The Hall–Kier alpha value is -2.86. The molecule has 6 nitrogen and oxygen atoms in total. The van der Waals surface area contributed by atoms with Gasteiger partial charge in [0.1, 0.15) is 5.76 Å². The number of aromatic nitrogens is 2. The molecule has 2 aromatic heterocycles. The Kier molecular flexibility index (Phi) is 5.30. The predicted octanol–water partition coefficient (Wildman–Crippen LogP) is 3.65. The molecule has 28 heavy (non-hydrogen) atoms. The molecular weight excluding hydrogens is 352 g/mol. The fourth-order valence-corrected chi connectivity index (χ4v) is 3.88. The molecule has 0 aliphatic carbocycles. The number of carbonyl (C=O) groups is 1. The molecule has 3 heterocycles. The monoisotopic (exact) mass is 378 g/mol. The zero-order valence-corrected chi connectivity index (χ0v) is 16.4. The van der Waals surface area contributed by atoms with Crippen LogP contribution in [0.3, 0.4) is 0 Å². The molecular formula is C22H26N4O2. The molecule has 1 amide bonds. The van der Waals surface area contributed by atoms with E-state index in [1.54, 1.807) is 6.26 Å². The van der Waals surface area contributed by atoms with E-state index in [2.05, 4.69) is 15.3 Å². The van der Waals surface area contributed by atoms with E-state index < -0.39 is 0 Å². The summed E-state index contributed by atoms with van der Waals surface area (Å²) in [5, 5.41) is 7.56. The van der Waals surface area contributed by atoms with Crippen LogP contribution in [0.5, 0.6) is 0 Å². The number of carbonyl (C=O) groups excluding carboxylic acids is 1. The van der Waals surface area contributed by atoms with Gasteiger partial charge in [-0.05, 0) is 82.2 Å². The first kappa shape index (κ1) is 18.5. The minimum absolute atomic E-state index is 0.0735. The Morgan fingerprint density at radius 3 is 2.54 bits per heavy atom. The molecule has 4 rings (SSSR count). The van der Waals surface area contributed by atoms with Gasteiger partial charge in [-0.25, -0.2) is 4.68 Å². The maximum atomic E-state index is 12.7. The lowest BCUT2D eigenvalue weighted by atomic mass is 10.1. The molecule has 1 aliphatic heterocycles. The van der Waals surface area contributed by atoms with Crippen LogP contribution >= 0.6 is 0 Å². The molecule has 3 aromatic rings. The van der Waals surface area contributed by atoms with Crippen molar-refractivity contribution in [3.63, 3.8) is 0 Å². The van der Waals surface area contributed by atoms with Crippen LogP contribution in [0.15, 0.2) is 53.1 Å². The van der Waals surface area contributed by atoms with E-state index in [0.717, 1.165) is 35.9 Å². The Morgan fingerprint density at radius 2 is 1.93 bits per heavy atom. The molecule has 1 fully saturated rings. The van der Waals surface area contributed by atoms with Gasteiger partial charge in [-0.2, -0.15) is 5.10 Å². The molecule has 1 N–H and O–H groups in total. The van der Waals surface area contributed by atoms with Crippen LogP contribution in [0.2, 0.25) is 0 Å². The third kappa shape index (κ3) is 3.87. The van der Waals surface area contributed by atoms with Crippen molar-refractivity contribution in [2.24, 2.45) is 0 Å². The van der Waals surface area contributed by atoms with Crippen LogP contribution in [0.1, 0.15) is 46.4 Å². The lowest BCUT2D eigenvalue weighted by molar-refractivity contribution is 0.0934. The van der Waals surface area contributed by atoms with Crippen molar-refractivity contribution in [2.45, 2.75) is 32.7 Å². The highest BCUT2D eigenvalue weighted by molar-refractivity contribution is 5.94. The molecule has 0 unspecified atom stereocenters. The molecule has 0 spiro atoms. The van der Waals surface area contributed by atoms with E-state index >= 15 is 0 Å². The predicted molar refractivity (Wildman–Crippen MR) is 108 cm³/mol. The van der Waals surface area contributed by atoms with Crippen molar-refractivity contribution < 1.29 is 9.21 Å². The number of aryl methyl sites for hydroxylation is 2.